The van der Waals surface area contributed by atoms with Crippen molar-refractivity contribution in [2.24, 2.45) is 17.8 Å². The highest BCUT2D eigenvalue weighted by atomic mass is 31.2. The smallest absolute Gasteiger partial charge is 0.462 e. The van der Waals surface area contributed by atoms with Gasteiger partial charge in [0.25, 0.3) is 0 Å². The minimum atomic E-state index is -4.97. The zero-order valence-corrected chi connectivity index (χ0v) is 71.0. The summed E-state index contributed by atoms with van der Waals surface area (Å²) in [7, 11) is -9.93. The fraction of sp³-hybridized carbons (Fsp3) is 0.953. The van der Waals surface area contributed by atoms with Gasteiger partial charge in [-0.05, 0) is 43.4 Å². The molecule has 0 spiro atoms. The Kier molecular flexibility index (Phi) is 74.7. The van der Waals surface area contributed by atoms with E-state index in [1.54, 1.807) is 0 Å². The zero-order valence-electron chi connectivity index (χ0n) is 69.2. The van der Waals surface area contributed by atoms with Crippen molar-refractivity contribution in [2.45, 2.75) is 471 Å². The van der Waals surface area contributed by atoms with Crippen LogP contribution in [0.1, 0.15) is 453 Å². The Labute approximate surface area is 645 Å². The van der Waals surface area contributed by atoms with Gasteiger partial charge >= 0.3 is 39.5 Å². The van der Waals surface area contributed by atoms with Gasteiger partial charge in [0.1, 0.15) is 19.3 Å². The number of phosphoric acid groups is 2. The summed E-state index contributed by atoms with van der Waals surface area (Å²) in [6.07, 6.45) is 67.0. The molecule has 19 heteroatoms. The lowest BCUT2D eigenvalue weighted by Crippen LogP contribution is -2.30. The number of aliphatic hydroxyl groups is 1. The first kappa shape index (κ1) is 103. The van der Waals surface area contributed by atoms with E-state index >= 15 is 0 Å². The number of unbranched alkanes of at least 4 members (excludes halogenated alkanes) is 50. The molecule has 0 aliphatic heterocycles. The topological polar surface area (TPSA) is 237 Å². The zero-order chi connectivity index (χ0) is 77.2. The summed E-state index contributed by atoms with van der Waals surface area (Å²) < 4.78 is 68.8. The molecule has 4 unspecified atom stereocenters. The normalized spacial score (nSPS) is 14.4. The molecular weight excluding hydrogens is 1370 g/mol. The molecule has 0 saturated heterocycles. The second-order valence-corrected chi connectivity index (χ2v) is 34.8. The van der Waals surface area contributed by atoms with Gasteiger partial charge < -0.3 is 33.8 Å². The van der Waals surface area contributed by atoms with Crippen molar-refractivity contribution in [2.75, 3.05) is 39.6 Å². The first-order valence-corrected chi connectivity index (χ1v) is 47.4. The molecule has 0 heterocycles. The van der Waals surface area contributed by atoms with Gasteiger partial charge in [-0.25, -0.2) is 9.13 Å². The summed E-state index contributed by atoms with van der Waals surface area (Å²) in [5, 5.41) is 10.7. The largest absolute Gasteiger partial charge is 0.472 e. The molecule has 0 aliphatic carbocycles. The number of aliphatic hydroxyl groups excluding tert-OH is 1. The second kappa shape index (κ2) is 76.1. The Morgan fingerprint density at radius 3 is 0.724 bits per heavy atom. The average molecular weight is 1540 g/mol. The number of esters is 4. The van der Waals surface area contributed by atoms with Gasteiger partial charge in [-0.3, -0.25) is 37.3 Å². The summed E-state index contributed by atoms with van der Waals surface area (Å²) in [6.45, 7) is 11.9. The van der Waals surface area contributed by atoms with E-state index in [1.807, 2.05) is 0 Å². The Hall–Kier alpha value is -1.94. The van der Waals surface area contributed by atoms with Gasteiger partial charge in [-0.2, -0.15) is 0 Å². The molecule has 0 aromatic heterocycles. The molecule has 105 heavy (non-hydrogen) atoms. The molecule has 17 nitrogen and oxygen atoms in total. The number of carbonyl (C=O) groups is 4. The van der Waals surface area contributed by atoms with Crippen LogP contribution in [0.5, 0.6) is 0 Å². The fourth-order valence-electron chi connectivity index (χ4n) is 13.3. The molecule has 0 rings (SSSR count). The molecule has 0 amide bonds. The van der Waals surface area contributed by atoms with Crippen molar-refractivity contribution >= 4 is 39.5 Å². The second-order valence-electron chi connectivity index (χ2n) is 31.9. The molecule has 7 atom stereocenters. The maximum absolute atomic E-state index is 13.1. The molecule has 0 radical (unpaired) electrons. The maximum Gasteiger partial charge on any atom is 0.472 e. The summed E-state index contributed by atoms with van der Waals surface area (Å²) in [5.74, 6) is 0.209. The molecular formula is C86H168O17P2. The molecule has 3 N–H and O–H groups in total. The van der Waals surface area contributed by atoms with Crippen molar-refractivity contribution in [3.05, 3.63) is 0 Å². The first-order valence-electron chi connectivity index (χ1n) is 44.4. The predicted molar refractivity (Wildman–Crippen MR) is 432 cm³/mol. The van der Waals surface area contributed by atoms with E-state index in [1.165, 1.54) is 257 Å². The number of carbonyl (C=O) groups excluding carboxylic acids is 4. The van der Waals surface area contributed by atoms with E-state index in [4.69, 9.17) is 37.0 Å². The van der Waals surface area contributed by atoms with E-state index in [9.17, 15) is 43.2 Å². The van der Waals surface area contributed by atoms with E-state index in [-0.39, 0.29) is 25.7 Å². The molecule has 0 saturated carbocycles. The first-order chi connectivity index (χ1) is 50.8. The Bertz CT molecular complexity index is 2030. The molecule has 0 aromatic rings. The molecule has 0 aromatic carbocycles. The summed E-state index contributed by atoms with van der Waals surface area (Å²) in [5.41, 5.74) is 0. The standard InChI is InChI=1S/C86H168O17P2/c1-8-11-12-13-14-15-16-17-18-19-20-21-22-23-27-30-33-36-39-45-53-60-67-83(88)96-73-81(102-85(90)69-62-55-46-40-37-34-31-28-25-24-26-29-32-35-38-44-51-58-65-78(6)9-2)75-100-104(92,93)98-71-80(87)72-99-105(94,95)101-76-82(74-97-84(89)68-61-54-49-48-52-59-66-79(7)10-3)103-86(91)70-63-56-47-42-41-43-50-57-64-77(4)5/h77-82,87H,8-76H2,1-7H3,(H,92,93)(H,94,95)/t78?,79?,80-,81-,82-/m1/s1. The SMILES string of the molecule is CCCCCCCCCCCCCCCCCCCCCCCCC(=O)OC[C@H](COP(=O)(O)OC[C@@H](O)COP(=O)(O)OC[C@@H](COC(=O)CCCCCCCCC(C)CC)OC(=O)CCCCCCCCCCC(C)C)OC(=O)CCCCCCCCCCCCCCCCCCCCC(C)CC. The summed E-state index contributed by atoms with van der Waals surface area (Å²) >= 11 is 0. The maximum atomic E-state index is 13.1. The van der Waals surface area contributed by atoms with Crippen LogP contribution >= 0.6 is 15.6 Å². The molecule has 0 bridgehead atoms. The quantitative estimate of drug-likeness (QED) is 0.0222. The third-order valence-corrected chi connectivity index (χ3v) is 22.8. The van der Waals surface area contributed by atoms with Crippen molar-refractivity contribution in [1.82, 2.24) is 0 Å². The van der Waals surface area contributed by atoms with Gasteiger partial charge in [-0.15, -0.1) is 0 Å². The monoisotopic (exact) mass is 1540 g/mol. The van der Waals surface area contributed by atoms with Crippen molar-refractivity contribution in [1.29, 1.82) is 0 Å². The van der Waals surface area contributed by atoms with Crippen molar-refractivity contribution in [3.63, 3.8) is 0 Å². The number of rotatable bonds is 84. The fourth-order valence-corrected chi connectivity index (χ4v) is 14.9. The lowest BCUT2D eigenvalue weighted by Gasteiger charge is -2.21. The third-order valence-electron chi connectivity index (χ3n) is 20.9. The van der Waals surface area contributed by atoms with E-state index < -0.39 is 97.5 Å². The Morgan fingerprint density at radius 2 is 0.486 bits per heavy atom. The van der Waals surface area contributed by atoms with E-state index in [2.05, 4.69) is 48.5 Å². The summed E-state index contributed by atoms with van der Waals surface area (Å²) in [4.78, 5) is 73.1. The summed E-state index contributed by atoms with van der Waals surface area (Å²) in [6, 6.07) is 0. The predicted octanol–water partition coefficient (Wildman–Crippen LogP) is 26.1. The number of hydrogen-bond acceptors (Lipinski definition) is 15. The Balaban J connectivity index is 5.18. The van der Waals surface area contributed by atoms with Crippen LogP contribution in [-0.2, 0) is 65.4 Å². The minimum absolute atomic E-state index is 0.104. The molecule has 0 fully saturated rings. The van der Waals surface area contributed by atoms with Gasteiger partial charge in [0.2, 0.25) is 0 Å². The highest BCUT2D eigenvalue weighted by Gasteiger charge is 2.30. The van der Waals surface area contributed by atoms with Gasteiger partial charge in [0.05, 0.1) is 26.4 Å². The van der Waals surface area contributed by atoms with Crippen molar-refractivity contribution < 1.29 is 80.2 Å². The van der Waals surface area contributed by atoms with Gasteiger partial charge in [0.15, 0.2) is 12.2 Å². The van der Waals surface area contributed by atoms with Crippen LogP contribution in [0.2, 0.25) is 0 Å². The molecule has 0 aliphatic rings. The Morgan fingerprint density at radius 1 is 0.276 bits per heavy atom. The van der Waals surface area contributed by atoms with Crippen LogP contribution in [0.4, 0.5) is 0 Å². The number of hydrogen-bond donors (Lipinski definition) is 3. The lowest BCUT2D eigenvalue weighted by molar-refractivity contribution is -0.161. The highest BCUT2D eigenvalue weighted by Crippen LogP contribution is 2.45. The van der Waals surface area contributed by atoms with E-state index in [0.29, 0.717) is 25.7 Å². The van der Waals surface area contributed by atoms with E-state index in [0.717, 1.165) is 114 Å². The lowest BCUT2D eigenvalue weighted by atomic mass is 9.99. The highest BCUT2D eigenvalue weighted by molar-refractivity contribution is 7.47. The van der Waals surface area contributed by atoms with Crippen LogP contribution in [0.15, 0.2) is 0 Å². The average Bonchev–Trinajstić information content (AvgIpc) is 0.910. The van der Waals surface area contributed by atoms with Crippen LogP contribution in [-0.4, -0.2) is 96.7 Å². The minimum Gasteiger partial charge on any atom is -0.462 e. The van der Waals surface area contributed by atoms with Crippen LogP contribution in [0.3, 0.4) is 0 Å². The van der Waals surface area contributed by atoms with Crippen LogP contribution in [0, 0.1) is 17.8 Å². The van der Waals surface area contributed by atoms with Gasteiger partial charge in [0, 0.05) is 25.7 Å². The molecule has 624 valence electrons. The number of phosphoric ester groups is 2. The van der Waals surface area contributed by atoms with Gasteiger partial charge in [-0.1, -0.05) is 402 Å². The third kappa shape index (κ3) is 77.2. The van der Waals surface area contributed by atoms with Crippen LogP contribution < -0.4 is 0 Å². The van der Waals surface area contributed by atoms with Crippen molar-refractivity contribution in [3.8, 4) is 0 Å². The number of ether oxygens (including phenoxy) is 4. The van der Waals surface area contributed by atoms with Crippen LogP contribution in [0.25, 0.3) is 0 Å².